The van der Waals surface area contributed by atoms with Gasteiger partial charge in [-0.3, -0.25) is 0 Å². The number of carbonyl (C=O) groups is 1. The van der Waals surface area contributed by atoms with Gasteiger partial charge in [-0.05, 0) is 26.0 Å². The molecular weight excluding hydrogens is 334 g/mol. The van der Waals surface area contributed by atoms with Crippen LogP contribution < -0.4 is 0 Å². The summed E-state index contributed by atoms with van der Waals surface area (Å²) < 4.78 is 10.8. The van der Waals surface area contributed by atoms with Crippen molar-refractivity contribution >= 4 is 33.5 Å². The van der Waals surface area contributed by atoms with Crippen LogP contribution >= 0.6 is 27.5 Å². The molecule has 100 valence electrons. The summed E-state index contributed by atoms with van der Waals surface area (Å²) in [7, 11) is 0. The molecule has 19 heavy (non-hydrogen) atoms. The lowest BCUT2D eigenvalue weighted by molar-refractivity contribution is 0.0525. The lowest BCUT2D eigenvalue weighted by Gasteiger charge is -2.05. The number of aromatic nitrogens is 1. The molecule has 0 aliphatic carbocycles. The minimum atomic E-state index is -0.446. The molecule has 0 radical (unpaired) electrons. The summed E-state index contributed by atoms with van der Waals surface area (Å²) >= 11 is 9.29. The van der Waals surface area contributed by atoms with Gasteiger partial charge in [0.05, 0.1) is 6.61 Å². The Balaban J connectivity index is 2.54. The molecule has 0 fully saturated rings. The van der Waals surface area contributed by atoms with E-state index in [1.54, 1.807) is 32.0 Å². The third-order valence-corrected chi connectivity index (χ3v) is 3.42. The highest BCUT2D eigenvalue weighted by Gasteiger charge is 2.23. The third-order valence-electron chi connectivity index (χ3n) is 2.53. The van der Waals surface area contributed by atoms with Gasteiger partial charge in [0, 0.05) is 15.1 Å². The number of esters is 1. The van der Waals surface area contributed by atoms with Crippen LogP contribution in [0.2, 0.25) is 5.02 Å². The van der Waals surface area contributed by atoms with Crippen LogP contribution in [0, 0.1) is 6.92 Å². The molecule has 1 aromatic carbocycles. The number of ether oxygens (including phenoxy) is 1. The van der Waals surface area contributed by atoms with E-state index in [2.05, 4.69) is 21.1 Å². The SMILES string of the molecule is CCOC(=O)c1c(-c2ccc(Cl)cc2Br)noc1C. The van der Waals surface area contributed by atoms with E-state index in [4.69, 9.17) is 20.9 Å². The Hall–Kier alpha value is -1.33. The van der Waals surface area contributed by atoms with Gasteiger partial charge < -0.3 is 9.26 Å². The first-order chi connectivity index (χ1) is 9.04. The molecule has 0 bridgehead atoms. The quantitative estimate of drug-likeness (QED) is 0.781. The van der Waals surface area contributed by atoms with Gasteiger partial charge in [0.1, 0.15) is 17.0 Å². The van der Waals surface area contributed by atoms with Crippen LogP contribution in [-0.2, 0) is 4.74 Å². The summed E-state index contributed by atoms with van der Waals surface area (Å²) in [6, 6.07) is 5.23. The van der Waals surface area contributed by atoms with Crippen molar-refractivity contribution < 1.29 is 14.1 Å². The third kappa shape index (κ3) is 2.82. The molecule has 0 unspecified atom stereocenters. The number of hydrogen-bond donors (Lipinski definition) is 0. The molecule has 2 rings (SSSR count). The Morgan fingerprint density at radius 1 is 1.53 bits per heavy atom. The Kier molecular flexibility index (Phi) is 4.27. The first-order valence-electron chi connectivity index (χ1n) is 5.63. The smallest absolute Gasteiger partial charge is 0.344 e. The number of carbonyl (C=O) groups excluding carboxylic acids is 1. The molecule has 0 N–H and O–H groups in total. The summed E-state index contributed by atoms with van der Waals surface area (Å²) in [5.74, 6) is -0.0200. The minimum absolute atomic E-state index is 0.296. The lowest BCUT2D eigenvalue weighted by atomic mass is 10.1. The highest BCUT2D eigenvalue weighted by molar-refractivity contribution is 9.10. The molecule has 6 heteroatoms. The van der Waals surface area contributed by atoms with Gasteiger partial charge >= 0.3 is 5.97 Å². The predicted octanol–water partition coefficient (Wildman–Crippen LogP) is 4.24. The van der Waals surface area contributed by atoms with E-state index in [1.165, 1.54) is 0 Å². The average molecular weight is 345 g/mol. The molecule has 0 spiro atoms. The second-order valence-electron chi connectivity index (χ2n) is 3.81. The molecule has 0 atom stereocenters. The second kappa shape index (κ2) is 5.75. The number of halogens is 2. The van der Waals surface area contributed by atoms with Crippen LogP contribution in [-0.4, -0.2) is 17.7 Å². The molecule has 1 heterocycles. The van der Waals surface area contributed by atoms with Crippen molar-refractivity contribution in [3.8, 4) is 11.3 Å². The molecule has 0 aliphatic heterocycles. The van der Waals surface area contributed by atoms with Crippen molar-refractivity contribution in [1.29, 1.82) is 0 Å². The fraction of sp³-hybridized carbons (Fsp3) is 0.231. The van der Waals surface area contributed by atoms with Crippen LogP contribution in [0.15, 0.2) is 27.2 Å². The van der Waals surface area contributed by atoms with E-state index in [9.17, 15) is 4.79 Å². The number of rotatable bonds is 3. The van der Waals surface area contributed by atoms with Crippen molar-refractivity contribution in [3.05, 3.63) is 39.0 Å². The van der Waals surface area contributed by atoms with Gasteiger partial charge in [-0.1, -0.05) is 38.8 Å². The van der Waals surface area contributed by atoms with Crippen LogP contribution in [0.5, 0.6) is 0 Å². The van der Waals surface area contributed by atoms with E-state index in [-0.39, 0.29) is 0 Å². The zero-order valence-corrected chi connectivity index (χ0v) is 12.7. The Morgan fingerprint density at radius 3 is 2.89 bits per heavy atom. The fourth-order valence-electron chi connectivity index (χ4n) is 1.68. The molecule has 2 aromatic rings. The van der Waals surface area contributed by atoms with E-state index in [0.717, 1.165) is 10.0 Å². The van der Waals surface area contributed by atoms with E-state index >= 15 is 0 Å². The molecule has 0 saturated heterocycles. The van der Waals surface area contributed by atoms with Crippen LogP contribution in [0.25, 0.3) is 11.3 Å². The monoisotopic (exact) mass is 343 g/mol. The first kappa shape index (κ1) is 14.1. The van der Waals surface area contributed by atoms with Gasteiger partial charge in [-0.15, -0.1) is 0 Å². The Morgan fingerprint density at radius 2 is 2.26 bits per heavy atom. The van der Waals surface area contributed by atoms with Gasteiger partial charge in [0.2, 0.25) is 0 Å². The van der Waals surface area contributed by atoms with Crippen molar-refractivity contribution in [2.75, 3.05) is 6.61 Å². The molecule has 0 aliphatic rings. The van der Waals surface area contributed by atoms with Crippen LogP contribution in [0.4, 0.5) is 0 Å². The summed E-state index contributed by atoms with van der Waals surface area (Å²) in [4.78, 5) is 11.9. The summed E-state index contributed by atoms with van der Waals surface area (Å²) in [5, 5.41) is 4.52. The summed E-state index contributed by atoms with van der Waals surface area (Å²) in [5.41, 5.74) is 1.51. The van der Waals surface area contributed by atoms with Crippen molar-refractivity contribution in [2.45, 2.75) is 13.8 Å². The summed E-state index contributed by atoms with van der Waals surface area (Å²) in [6.45, 7) is 3.72. The number of benzene rings is 1. The standard InChI is InChI=1S/C13H11BrClNO3/c1-3-18-13(17)11-7(2)19-16-12(11)9-5-4-8(15)6-10(9)14/h4-6H,3H2,1-2H3. The minimum Gasteiger partial charge on any atom is -0.462 e. The maximum Gasteiger partial charge on any atom is 0.344 e. The normalized spacial score (nSPS) is 10.5. The topological polar surface area (TPSA) is 52.3 Å². The fourth-order valence-corrected chi connectivity index (χ4v) is 2.55. The second-order valence-corrected chi connectivity index (χ2v) is 5.10. The largest absolute Gasteiger partial charge is 0.462 e. The van der Waals surface area contributed by atoms with Crippen molar-refractivity contribution in [1.82, 2.24) is 5.16 Å². The molecule has 1 aromatic heterocycles. The number of hydrogen-bond acceptors (Lipinski definition) is 4. The van der Waals surface area contributed by atoms with E-state index in [1.807, 2.05) is 0 Å². The van der Waals surface area contributed by atoms with Gasteiger partial charge in [0.25, 0.3) is 0 Å². The number of aryl methyl sites for hydroxylation is 1. The van der Waals surface area contributed by atoms with Crippen molar-refractivity contribution in [2.24, 2.45) is 0 Å². The highest BCUT2D eigenvalue weighted by Crippen LogP contribution is 2.33. The molecule has 4 nitrogen and oxygen atoms in total. The zero-order valence-electron chi connectivity index (χ0n) is 10.4. The maximum atomic E-state index is 11.9. The molecule has 0 saturated carbocycles. The van der Waals surface area contributed by atoms with Crippen LogP contribution in [0.1, 0.15) is 23.0 Å². The van der Waals surface area contributed by atoms with Crippen molar-refractivity contribution in [3.63, 3.8) is 0 Å². The van der Waals surface area contributed by atoms with Gasteiger partial charge in [0.15, 0.2) is 0 Å². The van der Waals surface area contributed by atoms with Gasteiger partial charge in [-0.2, -0.15) is 0 Å². The van der Waals surface area contributed by atoms with Gasteiger partial charge in [-0.25, -0.2) is 4.79 Å². The Labute approximate surface area is 123 Å². The summed E-state index contributed by atoms with van der Waals surface area (Å²) in [6.07, 6.45) is 0. The maximum absolute atomic E-state index is 11.9. The average Bonchev–Trinajstić information content (AvgIpc) is 2.71. The molecule has 0 amide bonds. The number of nitrogens with zero attached hydrogens (tertiary/aromatic N) is 1. The Bertz CT molecular complexity index is 624. The van der Waals surface area contributed by atoms with E-state index in [0.29, 0.717) is 28.6 Å². The predicted molar refractivity (Wildman–Crippen MR) is 75.3 cm³/mol. The lowest BCUT2D eigenvalue weighted by Crippen LogP contribution is -2.06. The highest BCUT2D eigenvalue weighted by atomic mass is 79.9. The van der Waals surface area contributed by atoms with Crippen LogP contribution in [0.3, 0.4) is 0 Å². The zero-order chi connectivity index (χ0) is 14.0. The molecular formula is C13H11BrClNO3. The first-order valence-corrected chi connectivity index (χ1v) is 6.80. The van der Waals surface area contributed by atoms with E-state index < -0.39 is 5.97 Å².